The molecule has 3 unspecified atom stereocenters. The number of hydrogen-bond donors (Lipinski definition) is 0. The first kappa shape index (κ1) is 14.8. The van der Waals surface area contributed by atoms with Crippen LogP contribution >= 0.6 is 39.1 Å². The van der Waals surface area contributed by atoms with Gasteiger partial charge in [0.2, 0.25) is 0 Å². The molecule has 7 heteroatoms. The van der Waals surface area contributed by atoms with Crippen molar-refractivity contribution in [2.45, 2.75) is 30.1 Å². The summed E-state index contributed by atoms with van der Waals surface area (Å²) in [4.78, 5) is -0.383. The van der Waals surface area contributed by atoms with Crippen molar-refractivity contribution in [3.05, 3.63) is 0 Å². The molecule has 1 nitrogen and oxygen atoms in total. The summed E-state index contributed by atoms with van der Waals surface area (Å²) >= 11 is 14.0. The van der Waals surface area contributed by atoms with Crippen molar-refractivity contribution in [2.75, 3.05) is 11.8 Å². The lowest BCUT2D eigenvalue weighted by Gasteiger charge is -2.25. The van der Waals surface area contributed by atoms with Crippen LogP contribution in [-0.2, 0) is 4.74 Å². The van der Waals surface area contributed by atoms with Gasteiger partial charge in [-0.3, -0.25) is 0 Å². The van der Waals surface area contributed by atoms with E-state index in [2.05, 4.69) is 15.9 Å². The highest BCUT2D eigenvalue weighted by Gasteiger charge is 2.39. The molecule has 3 atom stereocenters. The van der Waals surface area contributed by atoms with Gasteiger partial charge in [0.25, 0.3) is 0 Å². The Morgan fingerprint density at radius 1 is 1.29 bits per heavy atom. The van der Waals surface area contributed by atoms with Crippen molar-refractivity contribution < 1.29 is 17.9 Å². The number of rotatable bonds is 5. The Labute approximate surface area is 99.0 Å². The normalized spacial score (nSPS) is 19.1. The second kappa shape index (κ2) is 6.40. The van der Waals surface area contributed by atoms with E-state index in [1.165, 1.54) is 0 Å². The standard InChI is InChI=1S/C7H10BrCl2F3O/c1-4(7(11,12)13)14-6(3-10)5(8)2-9/h4-6H,2-3H2,1H3. The van der Waals surface area contributed by atoms with Gasteiger partial charge in [-0.1, -0.05) is 15.9 Å². The number of halogens is 6. The summed E-state index contributed by atoms with van der Waals surface area (Å²) in [7, 11) is 0. The summed E-state index contributed by atoms with van der Waals surface area (Å²) < 4.78 is 41.0. The zero-order valence-electron chi connectivity index (χ0n) is 7.32. The van der Waals surface area contributed by atoms with Gasteiger partial charge in [0.1, 0.15) is 0 Å². The third-order valence-corrected chi connectivity index (χ3v) is 3.47. The molecule has 0 rings (SSSR count). The molecule has 0 aromatic rings. The monoisotopic (exact) mass is 316 g/mol. The van der Waals surface area contributed by atoms with Crippen LogP contribution in [0, 0.1) is 0 Å². The molecule has 0 aliphatic rings. The van der Waals surface area contributed by atoms with E-state index in [4.69, 9.17) is 27.9 Å². The molecule has 0 aromatic carbocycles. The van der Waals surface area contributed by atoms with Crippen LogP contribution in [0.4, 0.5) is 13.2 Å². The minimum atomic E-state index is -4.37. The minimum Gasteiger partial charge on any atom is -0.363 e. The third kappa shape index (κ3) is 5.05. The molecule has 0 radical (unpaired) electrons. The van der Waals surface area contributed by atoms with Crippen LogP contribution in [0.25, 0.3) is 0 Å². The molecule has 0 aromatic heterocycles. The van der Waals surface area contributed by atoms with Crippen LogP contribution in [-0.4, -0.2) is 35.0 Å². The van der Waals surface area contributed by atoms with E-state index in [1.54, 1.807) is 0 Å². The average Bonchev–Trinajstić information content (AvgIpc) is 2.10. The first-order chi connectivity index (χ1) is 6.32. The molecule has 0 heterocycles. The second-order valence-corrected chi connectivity index (χ2v) is 4.48. The van der Waals surface area contributed by atoms with E-state index < -0.39 is 18.4 Å². The van der Waals surface area contributed by atoms with Crippen molar-refractivity contribution in [3.8, 4) is 0 Å². The topological polar surface area (TPSA) is 9.23 Å². The molecule has 0 N–H and O–H groups in total. The highest BCUT2D eigenvalue weighted by Crippen LogP contribution is 2.25. The summed E-state index contributed by atoms with van der Waals surface area (Å²) in [5.74, 6) is 0.102. The van der Waals surface area contributed by atoms with Crippen LogP contribution in [0.5, 0.6) is 0 Å². The molecular weight excluding hydrogens is 308 g/mol. The van der Waals surface area contributed by atoms with Crippen LogP contribution < -0.4 is 0 Å². The van der Waals surface area contributed by atoms with Gasteiger partial charge in [0.15, 0.2) is 6.10 Å². The van der Waals surface area contributed by atoms with Gasteiger partial charge in [-0.25, -0.2) is 0 Å². The Morgan fingerprint density at radius 2 is 1.79 bits per heavy atom. The molecule has 86 valence electrons. The summed E-state index contributed by atoms with van der Waals surface area (Å²) in [5.41, 5.74) is 0. The molecule has 0 aliphatic carbocycles. The fraction of sp³-hybridized carbons (Fsp3) is 1.00. The Balaban J connectivity index is 4.18. The minimum absolute atomic E-state index is 0.0386. The van der Waals surface area contributed by atoms with Gasteiger partial charge in [0.05, 0.1) is 10.9 Å². The fourth-order valence-corrected chi connectivity index (χ4v) is 1.67. The maximum atomic E-state index is 12.1. The predicted octanol–water partition coefficient (Wildman–Crippen LogP) is 3.56. The molecule has 0 fully saturated rings. The fourth-order valence-electron chi connectivity index (χ4n) is 0.657. The van der Waals surface area contributed by atoms with Gasteiger partial charge < -0.3 is 4.74 Å². The molecule has 0 bridgehead atoms. The molecular formula is C7H10BrCl2F3O. The maximum Gasteiger partial charge on any atom is 0.414 e. The summed E-state index contributed by atoms with van der Waals surface area (Å²) in [5, 5.41) is 0. The quantitative estimate of drug-likeness (QED) is 0.704. The Hall–Kier alpha value is 0.810. The first-order valence-electron chi connectivity index (χ1n) is 3.81. The van der Waals surface area contributed by atoms with Crippen LogP contribution in [0.3, 0.4) is 0 Å². The molecule has 0 aliphatic heterocycles. The lowest BCUT2D eigenvalue weighted by atomic mass is 10.3. The molecule has 14 heavy (non-hydrogen) atoms. The van der Waals surface area contributed by atoms with E-state index in [-0.39, 0.29) is 16.6 Å². The van der Waals surface area contributed by atoms with Crippen LogP contribution in [0.15, 0.2) is 0 Å². The van der Waals surface area contributed by atoms with E-state index in [0.717, 1.165) is 6.92 Å². The van der Waals surface area contributed by atoms with Crippen molar-refractivity contribution in [3.63, 3.8) is 0 Å². The number of ether oxygens (including phenoxy) is 1. The summed E-state index contributed by atoms with van der Waals surface area (Å²) in [6.07, 6.45) is -6.95. The first-order valence-corrected chi connectivity index (χ1v) is 5.79. The number of hydrogen-bond acceptors (Lipinski definition) is 1. The van der Waals surface area contributed by atoms with Crippen molar-refractivity contribution in [1.82, 2.24) is 0 Å². The average molecular weight is 318 g/mol. The van der Waals surface area contributed by atoms with Crippen molar-refractivity contribution in [2.24, 2.45) is 0 Å². The van der Waals surface area contributed by atoms with Gasteiger partial charge >= 0.3 is 6.18 Å². The zero-order chi connectivity index (χ0) is 11.4. The van der Waals surface area contributed by atoms with Crippen molar-refractivity contribution >= 4 is 39.1 Å². The third-order valence-electron chi connectivity index (χ3n) is 1.54. The van der Waals surface area contributed by atoms with Gasteiger partial charge in [0, 0.05) is 11.8 Å². The van der Waals surface area contributed by atoms with E-state index in [1.807, 2.05) is 0 Å². The van der Waals surface area contributed by atoms with Gasteiger partial charge in [-0.2, -0.15) is 13.2 Å². The number of alkyl halides is 6. The zero-order valence-corrected chi connectivity index (χ0v) is 10.4. The molecule has 0 spiro atoms. The lowest BCUT2D eigenvalue weighted by Crippen LogP contribution is -2.37. The maximum absolute atomic E-state index is 12.1. The Morgan fingerprint density at radius 3 is 2.07 bits per heavy atom. The Kier molecular flexibility index (Phi) is 6.78. The highest BCUT2D eigenvalue weighted by molar-refractivity contribution is 9.09. The molecule has 0 saturated heterocycles. The van der Waals surface area contributed by atoms with Gasteiger partial charge in [-0.05, 0) is 6.92 Å². The molecule has 0 saturated carbocycles. The Bertz CT molecular complexity index is 168. The predicted molar refractivity (Wildman–Crippen MR) is 54.5 cm³/mol. The molecule has 0 amide bonds. The van der Waals surface area contributed by atoms with Gasteiger partial charge in [-0.15, -0.1) is 23.2 Å². The summed E-state index contributed by atoms with van der Waals surface area (Å²) in [6, 6.07) is 0. The van der Waals surface area contributed by atoms with Crippen LogP contribution in [0.1, 0.15) is 6.92 Å². The van der Waals surface area contributed by atoms with Crippen LogP contribution in [0.2, 0.25) is 0 Å². The summed E-state index contributed by atoms with van der Waals surface area (Å²) in [6.45, 7) is 0.938. The van der Waals surface area contributed by atoms with Crippen molar-refractivity contribution in [1.29, 1.82) is 0 Å². The highest BCUT2D eigenvalue weighted by atomic mass is 79.9. The largest absolute Gasteiger partial charge is 0.414 e. The van der Waals surface area contributed by atoms with E-state index in [9.17, 15) is 13.2 Å². The van der Waals surface area contributed by atoms with E-state index >= 15 is 0 Å². The second-order valence-electron chi connectivity index (χ2n) is 2.68. The smallest absolute Gasteiger partial charge is 0.363 e. The lowest BCUT2D eigenvalue weighted by molar-refractivity contribution is -0.223. The SMILES string of the molecule is CC(OC(CCl)C(Br)CCl)C(F)(F)F. The van der Waals surface area contributed by atoms with E-state index in [0.29, 0.717) is 0 Å².